The molecule has 0 unspecified atom stereocenters. The van der Waals surface area contributed by atoms with E-state index in [4.69, 9.17) is 10.1 Å². The van der Waals surface area contributed by atoms with Gasteiger partial charge in [0.2, 0.25) is 0 Å². The fraction of sp³-hybridized carbons (Fsp3) is 0.286. The highest BCUT2D eigenvalue weighted by molar-refractivity contribution is 6.02. The minimum absolute atomic E-state index is 0.175. The lowest BCUT2D eigenvalue weighted by molar-refractivity contribution is -0.148. The largest absolute Gasteiger partial charge is 0.460 e. The molecular formula is C21H17F6NO3. The second-order valence-electron chi connectivity index (χ2n) is 6.65. The highest BCUT2D eigenvalue weighted by Crippen LogP contribution is 2.30. The summed E-state index contributed by atoms with van der Waals surface area (Å²) in [5, 5.41) is 8.07. The Bertz CT molecular complexity index is 918. The Kier molecular flexibility index (Phi) is 7.59. The molecule has 0 heterocycles. The van der Waals surface area contributed by atoms with Gasteiger partial charge in [0, 0.05) is 18.6 Å². The Balaban J connectivity index is 2.00. The van der Waals surface area contributed by atoms with E-state index >= 15 is 0 Å². The van der Waals surface area contributed by atoms with Gasteiger partial charge in [0.15, 0.2) is 0 Å². The summed E-state index contributed by atoms with van der Waals surface area (Å²) in [6.07, 6.45) is -9.14. The van der Waals surface area contributed by atoms with Crippen LogP contribution in [0.3, 0.4) is 0 Å². The Hall–Kier alpha value is -3.17. The summed E-state index contributed by atoms with van der Waals surface area (Å²) >= 11 is 0. The number of esters is 1. The number of hydrogen-bond acceptors (Lipinski definition) is 4. The fourth-order valence-electron chi connectivity index (χ4n) is 2.68. The molecule has 0 saturated heterocycles. The van der Waals surface area contributed by atoms with Crippen molar-refractivity contribution < 1.29 is 40.7 Å². The minimum atomic E-state index is -4.51. The van der Waals surface area contributed by atoms with E-state index < -0.39 is 35.4 Å². The van der Waals surface area contributed by atoms with E-state index in [1.807, 2.05) is 0 Å². The maximum absolute atomic E-state index is 12.6. The second kappa shape index (κ2) is 9.76. The zero-order valence-corrected chi connectivity index (χ0v) is 15.9. The van der Waals surface area contributed by atoms with Crippen LogP contribution in [0.25, 0.3) is 0 Å². The summed E-state index contributed by atoms with van der Waals surface area (Å²) in [5.41, 5.74) is -1.34. The molecule has 166 valence electrons. The van der Waals surface area contributed by atoms with Crippen LogP contribution in [0.5, 0.6) is 0 Å². The van der Waals surface area contributed by atoms with Crippen LogP contribution in [-0.4, -0.2) is 18.0 Å². The minimum Gasteiger partial charge on any atom is -0.460 e. The van der Waals surface area contributed by atoms with Crippen molar-refractivity contribution in [1.29, 1.82) is 5.41 Å². The van der Waals surface area contributed by atoms with Gasteiger partial charge in [-0.15, -0.1) is 0 Å². The molecule has 0 aliphatic rings. The van der Waals surface area contributed by atoms with Crippen molar-refractivity contribution in [2.45, 2.75) is 31.8 Å². The second-order valence-corrected chi connectivity index (χ2v) is 6.65. The molecule has 0 fully saturated rings. The van der Waals surface area contributed by atoms with Crippen molar-refractivity contribution >= 4 is 18.0 Å². The van der Waals surface area contributed by atoms with Gasteiger partial charge in [-0.3, -0.25) is 4.79 Å². The summed E-state index contributed by atoms with van der Waals surface area (Å²) < 4.78 is 80.6. The highest BCUT2D eigenvalue weighted by Gasteiger charge is 2.31. The number of nitrogens with one attached hydrogen (secondary N) is 1. The molecule has 0 saturated carbocycles. The zero-order valence-electron chi connectivity index (χ0n) is 15.9. The van der Waals surface area contributed by atoms with E-state index in [-0.39, 0.29) is 30.7 Å². The maximum Gasteiger partial charge on any atom is 0.416 e. The van der Waals surface area contributed by atoms with Gasteiger partial charge in [0.1, 0.15) is 18.8 Å². The summed E-state index contributed by atoms with van der Waals surface area (Å²) in [5.74, 6) is -2.18. The number of rotatable bonds is 8. The lowest BCUT2D eigenvalue weighted by Gasteiger charge is -2.16. The van der Waals surface area contributed by atoms with Crippen LogP contribution in [-0.2, 0) is 39.7 Å². The first kappa shape index (κ1) is 24.1. The van der Waals surface area contributed by atoms with E-state index in [1.54, 1.807) is 0 Å². The number of aldehydes is 1. The molecule has 0 bridgehead atoms. The lowest BCUT2D eigenvalue weighted by atomic mass is 9.94. The van der Waals surface area contributed by atoms with Crippen molar-refractivity contribution in [2.24, 2.45) is 5.92 Å². The molecule has 0 aromatic heterocycles. The molecule has 0 aliphatic heterocycles. The lowest BCUT2D eigenvalue weighted by Crippen LogP contribution is -2.27. The number of halogens is 6. The molecule has 0 aliphatic carbocycles. The van der Waals surface area contributed by atoms with Gasteiger partial charge in [-0.05, 0) is 35.4 Å². The first-order valence-corrected chi connectivity index (χ1v) is 8.91. The number of hydrogen-bond donors (Lipinski definition) is 1. The third-order valence-corrected chi connectivity index (χ3v) is 4.38. The topological polar surface area (TPSA) is 67.2 Å². The van der Waals surface area contributed by atoms with Crippen LogP contribution in [0, 0.1) is 11.3 Å². The van der Waals surface area contributed by atoms with Crippen LogP contribution in [0.2, 0.25) is 0 Å². The molecule has 31 heavy (non-hydrogen) atoms. The van der Waals surface area contributed by atoms with Crippen LogP contribution in [0.4, 0.5) is 26.3 Å². The maximum atomic E-state index is 12.6. The predicted molar refractivity (Wildman–Crippen MR) is 98.3 cm³/mol. The number of carbonyl (C=O) groups excluding carboxylic acids is 2. The van der Waals surface area contributed by atoms with Gasteiger partial charge in [0.05, 0.1) is 11.1 Å². The molecule has 1 N–H and O–H groups in total. The average Bonchev–Trinajstić information content (AvgIpc) is 2.69. The molecule has 4 nitrogen and oxygen atoms in total. The zero-order chi connectivity index (χ0) is 23.2. The molecule has 1 atom stereocenters. The quantitative estimate of drug-likeness (QED) is 0.262. The van der Waals surface area contributed by atoms with Gasteiger partial charge in [-0.2, -0.15) is 26.3 Å². The molecule has 2 aromatic carbocycles. The first-order valence-electron chi connectivity index (χ1n) is 8.91. The average molecular weight is 445 g/mol. The van der Waals surface area contributed by atoms with Crippen molar-refractivity contribution in [3.05, 3.63) is 70.8 Å². The Labute approximate surface area is 173 Å². The number of carbonyl (C=O) groups is 2. The van der Waals surface area contributed by atoms with Crippen LogP contribution in [0.1, 0.15) is 28.7 Å². The van der Waals surface area contributed by atoms with Gasteiger partial charge in [-0.25, -0.2) is 0 Å². The van der Waals surface area contributed by atoms with E-state index in [0.29, 0.717) is 11.8 Å². The van der Waals surface area contributed by atoms with Crippen molar-refractivity contribution in [1.82, 2.24) is 0 Å². The Morgan fingerprint density at radius 3 is 1.74 bits per heavy atom. The summed E-state index contributed by atoms with van der Waals surface area (Å²) in [6, 6.07) is 7.97. The van der Waals surface area contributed by atoms with Crippen molar-refractivity contribution in [3.8, 4) is 0 Å². The Morgan fingerprint density at radius 1 is 0.871 bits per heavy atom. The summed E-state index contributed by atoms with van der Waals surface area (Å²) in [4.78, 5) is 23.2. The molecule has 2 aromatic rings. The number of alkyl halides is 6. The van der Waals surface area contributed by atoms with Gasteiger partial charge in [0.25, 0.3) is 0 Å². The van der Waals surface area contributed by atoms with Crippen LogP contribution >= 0.6 is 0 Å². The SMILES string of the molecule is N=C(Cc1ccc(C(F)(F)F)cc1)[C@@H](CC=O)C(=O)OCc1ccc(C(F)(F)F)cc1. The van der Waals surface area contributed by atoms with Crippen LogP contribution < -0.4 is 0 Å². The van der Waals surface area contributed by atoms with Crippen molar-refractivity contribution in [2.75, 3.05) is 0 Å². The molecule has 2 rings (SSSR count). The number of ether oxygens (including phenoxy) is 1. The van der Waals surface area contributed by atoms with Gasteiger partial charge in [-0.1, -0.05) is 24.3 Å². The first-order chi connectivity index (χ1) is 14.4. The van der Waals surface area contributed by atoms with E-state index in [2.05, 4.69) is 0 Å². The molecule has 0 spiro atoms. The van der Waals surface area contributed by atoms with E-state index in [0.717, 1.165) is 36.4 Å². The Morgan fingerprint density at radius 2 is 1.32 bits per heavy atom. The molecule has 10 heteroatoms. The third kappa shape index (κ3) is 6.94. The fourth-order valence-corrected chi connectivity index (χ4v) is 2.68. The smallest absolute Gasteiger partial charge is 0.416 e. The normalized spacial score (nSPS) is 12.8. The molecule has 0 radical (unpaired) electrons. The van der Waals surface area contributed by atoms with Crippen molar-refractivity contribution in [3.63, 3.8) is 0 Å². The number of benzene rings is 2. The third-order valence-electron chi connectivity index (χ3n) is 4.38. The van der Waals surface area contributed by atoms with Crippen LogP contribution in [0.15, 0.2) is 48.5 Å². The molecule has 0 amide bonds. The van der Waals surface area contributed by atoms with Gasteiger partial charge < -0.3 is 14.9 Å². The highest BCUT2D eigenvalue weighted by atomic mass is 19.4. The van der Waals surface area contributed by atoms with Gasteiger partial charge >= 0.3 is 18.3 Å². The predicted octanol–water partition coefficient (Wildman–Crippen LogP) is 5.24. The molecular weight excluding hydrogens is 428 g/mol. The monoisotopic (exact) mass is 445 g/mol. The van der Waals surface area contributed by atoms with E-state index in [1.165, 1.54) is 12.1 Å². The summed E-state index contributed by atoms with van der Waals surface area (Å²) in [6.45, 7) is -0.361. The summed E-state index contributed by atoms with van der Waals surface area (Å²) in [7, 11) is 0. The van der Waals surface area contributed by atoms with E-state index in [9.17, 15) is 35.9 Å². The standard InChI is InChI=1S/C21H17F6NO3/c22-20(23,24)15-5-1-13(2-6-15)11-18(28)17(9-10-29)19(30)31-12-14-3-7-16(8-4-14)21(25,26)27/h1-8,10,17,28H,9,11-12H2/t17-/m1/s1.